The summed E-state index contributed by atoms with van der Waals surface area (Å²) in [6.07, 6.45) is 3.31. The van der Waals surface area contributed by atoms with E-state index in [-0.39, 0.29) is 0 Å². The predicted molar refractivity (Wildman–Crippen MR) is 80.7 cm³/mol. The van der Waals surface area contributed by atoms with Gasteiger partial charge in [0.15, 0.2) is 16.6 Å². The normalized spacial score (nSPS) is 12.7. The molecule has 3 aromatic rings. The molecule has 0 radical (unpaired) electrons. The van der Waals surface area contributed by atoms with Gasteiger partial charge in [-0.2, -0.15) is 0 Å². The molecule has 0 aliphatic carbocycles. The van der Waals surface area contributed by atoms with Crippen LogP contribution in [0.1, 0.15) is 0 Å². The number of hydrogen-bond donors (Lipinski definition) is 0. The van der Waals surface area contributed by atoms with E-state index in [9.17, 15) is 4.21 Å². The highest BCUT2D eigenvalue weighted by Crippen LogP contribution is 2.28. The van der Waals surface area contributed by atoms with Gasteiger partial charge in [-0.1, -0.05) is 29.8 Å². The number of pyridine rings is 1. The van der Waals surface area contributed by atoms with Crippen molar-refractivity contribution in [2.75, 3.05) is 0 Å². The third-order valence-electron chi connectivity index (χ3n) is 2.65. The van der Waals surface area contributed by atoms with Gasteiger partial charge in [-0.3, -0.25) is 0 Å². The molecule has 3 rings (SSSR count). The summed E-state index contributed by atoms with van der Waals surface area (Å²) in [5.41, 5.74) is 0.637. The molecule has 0 bridgehead atoms. The number of rotatable bonds is 2. The SMILES string of the molecule is O=S(c1ccccc1)n1cc(Br)c2cc(Cl)cnc21. The highest BCUT2D eigenvalue weighted by atomic mass is 79.9. The van der Waals surface area contributed by atoms with Gasteiger partial charge < -0.3 is 0 Å². The molecule has 0 saturated carbocycles. The van der Waals surface area contributed by atoms with Gasteiger partial charge in [0, 0.05) is 22.3 Å². The molecule has 0 aliphatic heterocycles. The number of hydrogen-bond acceptors (Lipinski definition) is 2. The Balaban J connectivity index is 2.19. The molecule has 1 atom stereocenters. The Kier molecular flexibility index (Phi) is 3.43. The zero-order chi connectivity index (χ0) is 13.4. The van der Waals surface area contributed by atoms with Gasteiger partial charge in [-0.05, 0) is 34.1 Å². The second-order valence-electron chi connectivity index (χ2n) is 3.89. The van der Waals surface area contributed by atoms with E-state index < -0.39 is 11.0 Å². The second kappa shape index (κ2) is 5.07. The Hall–Kier alpha value is -1.17. The summed E-state index contributed by atoms with van der Waals surface area (Å²) in [7, 11) is -1.33. The van der Waals surface area contributed by atoms with Crippen LogP contribution in [0.2, 0.25) is 5.02 Å². The minimum Gasteiger partial charge on any atom is -0.245 e. The van der Waals surface area contributed by atoms with Gasteiger partial charge in [0.25, 0.3) is 0 Å². The Bertz CT molecular complexity index is 773. The summed E-state index contributed by atoms with van der Waals surface area (Å²) in [5.74, 6) is 0. The molecule has 1 unspecified atom stereocenters. The lowest BCUT2D eigenvalue weighted by Crippen LogP contribution is -2.04. The van der Waals surface area contributed by atoms with E-state index in [0.717, 1.165) is 14.8 Å². The molecule has 0 N–H and O–H groups in total. The molecule has 0 amide bonds. The highest BCUT2D eigenvalue weighted by molar-refractivity contribution is 9.10. The van der Waals surface area contributed by atoms with Crippen LogP contribution in [-0.4, -0.2) is 13.2 Å². The van der Waals surface area contributed by atoms with E-state index in [1.54, 1.807) is 22.4 Å². The lowest BCUT2D eigenvalue weighted by atomic mass is 10.3. The van der Waals surface area contributed by atoms with Crippen LogP contribution in [0.5, 0.6) is 0 Å². The molecule has 0 saturated heterocycles. The van der Waals surface area contributed by atoms with Crippen LogP contribution in [-0.2, 0) is 11.0 Å². The van der Waals surface area contributed by atoms with E-state index in [1.807, 2.05) is 30.3 Å². The minimum absolute atomic E-state index is 0.552. The van der Waals surface area contributed by atoms with Crippen molar-refractivity contribution in [3.63, 3.8) is 0 Å². The molecule has 3 nitrogen and oxygen atoms in total. The van der Waals surface area contributed by atoms with Crippen molar-refractivity contribution >= 4 is 49.5 Å². The Morgan fingerprint density at radius 3 is 2.74 bits per heavy atom. The first kappa shape index (κ1) is 12.8. The van der Waals surface area contributed by atoms with Gasteiger partial charge in [0.1, 0.15) is 0 Å². The second-order valence-corrected chi connectivity index (χ2v) is 6.54. The maximum absolute atomic E-state index is 12.5. The summed E-state index contributed by atoms with van der Waals surface area (Å²) in [6.45, 7) is 0. The molecule has 2 aromatic heterocycles. The first-order chi connectivity index (χ1) is 9.16. The van der Waals surface area contributed by atoms with E-state index >= 15 is 0 Å². The predicted octanol–water partition coefficient (Wildman–Crippen LogP) is 4.02. The lowest BCUT2D eigenvalue weighted by Gasteiger charge is -2.04. The van der Waals surface area contributed by atoms with Crippen molar-refractivity contribution in [2.24, 2.45) is 0 Å². The van der Waals surface area contributed by atoms with Crippen LogP contribution < -0.4 is 0 Å². The number of halogens is 2. The lowest BCUT2D eigenvalue weighted by molar-refractivity contribution is 0.678. The fraction of sp³-hybridized carbons (Fsp3) is 0. The molecule has 0 aliphatic rings. The molecule has 96 valence electrons. The van der Waals surface area contributed by atoms with Gasteiger partial charge >= 0.3 is 0 Å². The maximum atomic E-state index is 12.5. The minimum atomic E-state index is -1.33. The quantitative estimate of drug-likeness (QED) is 0.696. The molecular formula is C13H8BrClN2OS. The largest absolute Gasteiger partial charge is 0.245 e. The molecule has 1 aromatic carbocycles. The van der Waals surface area contributed by atoms with Gasteiger partial charge in [0.2, 0.25) is 0 Å². The monoisotopic (exact) mass is 354 g/mol. The summed E-state index contributed by atoms with van der Waals surface area (Å²) >= 11 is 9.37. The van der Waals surface area contributed by atoms with Crippen LogP contribution in [0, 0.1) is 0 Å². The van der Waals surface area contributed by atoms with Crippen molar-refractivity contribution in [1.29, 1.82) is 0 Å². The zero-order valence-corrected chi connectivity index (χ0v) is 12.7. The third-order valence-corrected chi connectivity index (χ3v) is 4.80. The summed E-state index contributed by atoms with van der Waals surface area (Å²) in [6, 6.07) is 11.1. The third kappa shape index (κ3) is 2.33. The van der Waals surface area contributed by atoms with Gasteiger partial charge in [-0.15, -0.1) is 0 Å². The standard InChI is InChI=1S/C13H8BrClN2OS/c14-12-8-17(13-11(12)6-9(15)7-16-13)19(18)10-4-2-1-3-5-10/h1-8H. The van der Waals surface area contributed by atoms with Crippen molar-refractivity contribution in [3.8, 4) is 0 Å². The van der Waals surface area contributed by atoms with Crippen LogP contribution in [0.4, 0.5) is 0 Å². The van der Waals surface area contributed by atoms with Crippen LogP contribution >= 0.6 is 27.5 Å². The first-order valence-electron chi connectivity index (χ1n) is 5.46. The van der Waals surface area contributed by atoms with Gasteiger partial charge in [-0.25, -0.2) is 13.2 Å². The highest BCUT2D eigenvalue weighted by Gasteiger charge is 2.14. The van der Waals surface area contributed by atoms with Crippen molar-refractivity contribution < 1.29 is 4.21 Å². The molecule has 6 heteroatoms. The molecule has 0 fully saturated rings. The Labute approximate surface area is 125 Å². The number of fused-ring (bicyclic) bond motifs is 1. The fourth-order valence-electron chi connectivity index (χ4n) is 1.79. The molecule has 19 heavy (non-hydrogen) atoms. The number of aromatic nitrogens is 2. The van der Waals surface area contributed by atoms with Crippen LogP contribution in [0.3, 0.4) is 0 Å². The van der Waals surface area contributed by atoms with Crippen molar-refractivity contribution in [2.45, 2.75) is 4.90 Å². The van der Waals surface area contributed by atoms with Crippen LogP contribution in [0.15, 0.2) is 58.2 Å². The Morgan fingerprint density at radius 1 is 1.26 bits per heavy atom. The average Bonchev–Trinajstić information content (AvgIpc) is 2.76. The molecular weight excluding hydrogens is 348 g/mol. The van der Waals surface area contributed by atoms with Gasteiger partial charge in [0.05, 0.1) is 9.92 Å². The average molecular weight is 356 g/mol. The van der Waals surface area contributed by atoms with E-state index in [2.05, 4.69) is 20.9 Å². The Morgan fingerprint density at radius 2 is 2.00 bits per heavy atom. The topological polar surface area (TPSA) is 34.9 Å². The number of benzene rings is 1. The van der Waals surface area contributed by atoms with E-state index in [0.29, 0.717) is 10.7 Å². The van der Waals surface area contributed by atoms with Crippen molar-refractivity contribution in [1.82, 2.24) is 8.96 Å². The summed E-state index contributed by atoms with van der Waals surface area (Å²) in [5, 5.41) is 1.40. The maximum Gasteiger partial charge on any atom is 0.158 e. The zero-order valence-electron chi connectivity index (χ0n) is 9.59. The first-order valence-corrected chi connectivity index (χ1v) is 7.74. The summed E-state index contributed by atoms with van der Waals surface area (Å²) in [4.78, 5) is 4.98. The molecule has 2 heterocycles. The fourth-order valence-corrected chi connectivity index (χ4v) is 3.70. The summed E-state index contributed by atoms with van der Waals surface area (Å²) < 4.78 is 15.0. The van der Waals surface area contributed by atoms with Crippen LogP contribution in [0.25, 0.3) is 11.0 Å². The van der Waals surface area contributed by atoms with E-state index in [4.69, 9.17) is 11.6 Å². The number of nitrogens with zero attached hydrogens (tertiary/aromatic N) is 2. The van der Waals surface area contributed by atoms with E-state index in [1.165, 1.54) is 0 Å². The smallest absolute Gasteiger partial charge is 0.158 e. The van der Waals surface area contributed by atoms with Crippen molar-refractivity contribution in [3.05, 3.63) is 58.3 Å². The molecule has 0 spiro atoms.